The van der Waals surface area contributed by atoms with Crippen LogP contribution in [0.5, 0.6) is 0 Å². The monoisotopic (exact) mass is 453 g/mol. The van der Waals surface area contributed by atoms with Crippen molar-refractivity contribution in [2.75, 3.05) is 16.8 Å². The lowest BCUT2D eigenvalue weighted by Gasteiger charge is -2.19. The molecule has 166 valence electrons. The smallest absolute Gasteiger partial charge is 0.344 e. The third-order valence-corrected chi connectivity index (χ3v) is 4.84. The Morgan fingerprint density at radius 1 is 1.15 bits per heavy atom. The second-order valence-electron chi connectivity index (χ2n) is 7.11. The molecule has 12 heteroatoms. The van der Waals surface area contributed by atoms with Gasteiger partial charge < -0.3 is 16.8 Å². The van der Waals surface area contributed by atoms with Gasteiger partial charge in [0.05, 0.1) is 11.2 Å². The van der Waals surface area contributed by atoms with E-state index in [1.807, 2.05) is 6.07 Å². The number of benzene rings is 2. The zero-order valence-electron chi connectivity index (χ0n) is 17.0. The first kappa shape index (κ1) is 21.6. The van der Waals surface area contributed by atoms with Crippen molar-refractivity contribution in [1.82, 2.24) is 14.5 Å². The molecule has 0 aliphatic carbocycles. The van der Waals surface area contributed by atoms with Gasteiger partial charge in [-0.1, -0.05) is 11.1 Å². The zero-order chi connectivity index (χ0) is 23.9. The Balaban J connectivity index is 1.97. The Hall–Kier alpha value is -4.66. The lowest BCUT2D eigenvalue weighted by molar-refractivity contribution is -0.347. The van der Waals surface area contributed by atoms with Gasteiger partial charge in [0.15, 0.2) is 5.56 Å². The van der Waals surface area contributed by atoms with Crippen LogP contribution in [0, 0.1) is 28.8 Å². The van der Waals surface area contributed by atoms with Gasteiger partial charge in [-0.05, 0) is 31.2 Å². The Labute approximate surface area is 184 Å². The van der Waals surface area contributed by atoms with Gasteiger partial charge in [-0.3, -0.25) is 9.36 Å². The quantitative estimate of drug-likeness (QED) is 0.429. The molecule has 0 fully saturated rings. The number of fused-ring (bicyclic) bond motifs is 1. The second kappa shape index (κ2) is 8.12. The Morgan fingerprint density at radius 2 is 1.85 bits per heavy atom. The van der Waals surface area contributed by atoms with Gasteiger partial charge >= 0.3 is 5.95 Å². The SMILES string of the molecule is CC(Nc1[nH+]c(N)nc(N)c1C#N)c1nc2cccc(F)c2c(=O)n1-c1cc(F)cc(F)c1. The van der Waals surface area contributed by atoms with Crippen LogP contribution < -0.4 is 27.3 Å². The van der Waals surface area contributed by atoms with Crippen LogP contribution in [0.15, 0.2) is 41.2 Å². The minimum Gasteiger partial charge on any atom is -0.372 e. The van der Waals surface area contributed by atoms with Gasteiger partial charge in [-0.15, -0.1) is 0 Å². The van der Waals surface area contributed by atoms with E-state index in [2.05, 4.69) is 20.3 Å². The van der Waals surface area contributed by atoms with Crippen molar-refractivity contribution in [2.45, 2.75) is 13.0 Å². The molecular formula is C21H16F3N8O+. The van der Waals surface area contributed by atoms with Crippen LogP contribution in [0.25, 0.3) is 16.6 Å². The van der Waals surface area contributed by atoms with E-state index < -0.39 is 29.1 Å². The highest BCUT2D eigenvalue weighted by Gasteiger charge is 2.24. The van der Waals surface area contributed by atoms with E-state index in [0.29, 0.717) is 6.07 Å². The first-order valence-electron chi connectivity index (χ1n) is 9.52. The predicted octanol–water partition coefficient (Wildman–Crippen LogP) is 2.22. The molecule has 0 saturated heterocycles. The standard InChI is InChI=1S/C21H15F3N8O/c1-9(28-18-13(8-25)17(26)30-21(27)31-18)19-29-15-4-2-3-14(24)16(15)20(33)32(19)12-6-10(22)5-11(23)7-12/h2-7,9H,1H3,(H5,26,27,28,30,31)/p+1. The van der Waals surface area contributed by atoms with Crippen LogP contribution in [-0.2, 0) is 0 Å². The molecule has 2 heterocycles. The molecule has 1 unspecified atom stereocenters. The molecule has 2 aromatic heterocycles. The van der Waals surface area contributed by atoms with E-state index in [0.717, 1.165) is 22.8 Å². The highest BCUT2D eigenvalue weighted by Crippen LogP contribution is 2.24. The first-order valence-corrected chi connectivity index (χ1v) is 9.52. The van der Waals surface area contributed by atoms with Crippen LogP contribution in [-0.4, -0.2) is 14.5 Å². The van der Waals surface area contributed by atoms with Crippen LogP contribution in [0.4, 0.5) is 30.8 Å². The van der Waals surface area contributed by atoms with Crippen molar-refractivity contribution in [3.05, 3.63) is 75.6 Å². The molecule has 4 aromatic rings. The third-order valence-electron chi connectivity index (χ3n) is 4.84. The fourth-order valence-corrected chi connectivity index (χ4v) is 3.45. The van der Waals surface area contributed by atoms with E-state index in [1.165, 1.54) is 12.1 Å². The summed E-state index contributed by atoms with van der Waals surface area (Å²) in [6.45, 7) is 1.57. The molecule has 0 saturated carbocycles. The first-order chi connectivity index (χ1) is 15.7. The number of hydrogen-bond donors (Lipinski definition) is 3. The molecule has 0 bridgehead atoms. The molecule has 0 radical (unpaired) electrons. The van der Waals surface area contributed by atoms with Crippen molar-refractivity contribution in [1.29, 1.82) is 5.26 Å². The number of halogens is 3. The zero-order valence-corrected chi connectivity index (χ0v) is 17.0. The summed E-state index contributed by atoms with van der Waals surface area (Å²) >= 11 is 0. The largest absolute Gasteiger partial charge is 0.372 e. The van der Waals surface area contributed by atoms with Gasteiger partial charge in [0.25, 0.3) is 5.56 Å². The highest BCUT2D eigenvalue weighted by molar-refractivity contribution is 5.78. The molecule has 33 heavy (non-hydrogen) atoms. The van der Waals surface area contributed by atoms with Gasteiger partial charge in [0.2, 0.25) is 11.6 Å². The lowest BCUT2D eigenvalue weighted by atomic mass is 10.2. The normalized spacial score (nSPS) is 11.8. The molecule has 0 spiro atoms. The van der Waals surface area contributed by atoms with E-state index in [1.54, 1.807) is 6.92 Å². The summed E-state index contributed by atoms with van der Waals surface area (Å²) in [5, 5.41) is 12.0. The number of anilines is 3. The topological polar surface area (TPSA) is 150 Å². The third kappa shape index (κ3) is 3.87. The van der Waals surface area contributed by atoms with E-state index in [9.17, 15) is 23.2 Å². The van der Waals surface area contributed by atoms with Gasteiger partial charge in [0, 0.05) is 6.07 Å². The molecular weight excluding hydrogens is 437 g/mol. The number of nitrogens with two attached hydrogens (primary N) is 2. The predicted molar refractivity (Wildman–Crippen MR) is 114 cm³/mol. The molecule has 4 rings (SSSR count). The summed E-state index contributed by atoms with van der Waals surface area (Å²) < 4.78 is 43.3. The van der Waals surface area contributed by atoms with Gasteiger partial charge in [0.1, 0.15) is 40.8 Å². The summed E-state index contributed by atoms with van der Waals surface area (Å²) in [5.41, 5.74) is 10.3. The Morgan fingerprint density at radius 3 is 2.52 bits per heavy atom. The van der Waals surface area contributed by atoms with E-state index in [4.69, 9.17) is 11.5 Å². The van der Waals surface area contributed by atoms with E-state index >= 15 is 0 Å². The van der Waals surface area contributed by atoms with E-state index in [-0.39, 0.29) is 45.6 Å². The minimum atomic E-state index is -0.938. The maximum Gasteiger partial charge on any atom is 0.344 e. The molecule has 0 aliphatic rings. The van der Waals surface area contributed by atoms with Crippen molar-refractivity contribution < 1.29 is 18.2 Å². The maximum atomic E-state index is 14.5. The van der Waals surface area contributed by atoms with Crippen molar-refractivity contribution in [3.8, 4) is 11.8 Å². The number of nitrogens with zero attached hydrogens (tertiary/aromatic N) is 4. The fourth-order valence-electron chi connectivity index (χ4n) is 3.45. The number of nitriles is 1. The number of rotatable bonds is 4. The van der Waals surface area contributed by atoms with Crippen molar-refractivity contribution in [2.24, 2.45) is 0 Å². The Bertz CT molecular complexity index is 1490. The Kier molecular flexibility index (Phi) is 5.31. The minimum absolute atomic E-state index is 0.0191. The number of H-pyrrole nitrogens is 1. The van der Waals surface area contributed by atoms with Crippen molar-refractivity contribution in [3.63, 3.8) is 0 Å². The average molecular weight is 453 g/mol. The molecule has 1 atom stereocenters. The van der Waals surface area contributed by atoms with Crippen LogP contribution in [0.2, 0.25) is 0 Å². The number of aromatic amines is 1. The van der Waals surface area contributed by atoms with Gasteiger partial charge in [-0.25, -0.2) is 23.1 Å². The second-order valence-corrected chi connectivity index (χ2v) is 7.11. The summed E-state index contributed by atoms with van der Waals surface area (Å²) in [5.74, 6) is -2.87. The summed E-state index contributed by atoms with van der Waals surface area (Å²) in [6, 6.07) is 7.40. The molecule has 9 nitrogen and oxygen atoms in total. The molecule has 0 aliphatic heterocycles. The lowest BCUT2D eigenvalue weighted by Crippen LogP contribution is -2.30. The van der Waals surface area contributed by atoms with Crippen molar-refractivity contribution >= 4 is 28.5 Å². The summed E-state index contributed by atoms with van der Waals surface area (Å²) in [7, 11) is 0. The highest BCUT2D eigenvalue weighted by atomic mass is 19.1. The average Bonchev–Trinajstić information content (AvgIpc) is 2.72. The number of nitrogens with one attached hydrogen (secondary N) is 2. The molecule has 2 aromatic carbocycles. The van der Waals surface area contributed by atoms with Crippen LogP contribution >= 0.6 is 0 Å². The number of nitrogen functional groups attached to an aromatic ring is 2. The summed E-state index contributed by atoms with van der Waals surface area (Å²) in [4.78, 5) is 24.1. The number of hydrogen-bond acceptors (Lipinski definition) is 7. The molecule has 6 N–H and O–H groups in total. The molecule has 0 amide bonds. The fraction of sp³-hybridized carbons (Fsp3) is 0.0952. The van der Waals surface area contributed by atoms with Gasteiger partial charge in [-0.2, -0.15) is 5.26 Å². The number of aromatic nitrogens is 4. The van der Waals surface area contributed by atoms with Crippen LogP contribution in [0.1, 0.15) is 24.4 Å². The van der Waals surface area contributed by atoms with Crippen LogP contribution in [0.3, 0.4) is 0 Å². The summed E-state index contributed by atoms with van der Waals surface area (Å²) in [6.07, 6.45) is 0. The maximum absolute atomic E-state index is 14.5.